The number of H-pyrrole nitrogens is 1. The average Bonchev–Trinajstić information content (AvgIpc) is 3.11. The third kappa shape index (κ3) is 3.36. The van der Waals surface area contributed by atoms with Gasteiger partial charge in [-0.2, -0.15) is 5.10 Å². The molecule has 1 unspecified atom stereocenters. The van der Waals surface area contributed by atoms with Gasteiger partial charge < -0.3 is 15.4 Å². The molecular formula is C15H21FN4O3. The Bertz CT molecular complexity index is 624. The quantitative estimate of drug-likeness (QED) is 0.739. The van der Waals surface area contributed by atoms with Crippen LogP contribution in [0.2, 0.25) is 0 Å². The summed E-state index contributed by atoms with van der Waals surface area (Å²) >= 11 is 0. The van der Waals surface area contributed by atoms with Gasteiger partial charge in [0.2, 0.25) is 0 Å². The molecule has 0 spiro atoms. The molecule has 3 N–H and O–H groups in total. The minimum Gasteiger partial charge on any atom is -0.370 e. The van der Waals surface area contributed by atoms with Crippen molar-refractivity contribution in [3.05, 3.63) is 17.0 Å². The maximum atomic E-state index is 13.6. The van der Waals surface area contributed by atoms with Crippen LogP contribution in [0.3, 0.4) is 0 Å². The summed E-state index contributed by atoms with van der Waals surface area (Å²) in [4.78, 5) is 23.8. The van der Waals surface area contributed by atoms with Gasteiger partial charge in [-0.1, -0.05) is 0 Å². The van der Waals surface area contributed by atoms with Crippen molar-refractivity contribution in [1.82, 2.24) is 20.8 Å². The molecular weight excluding hydrogens is 303 g/mol. The number of carbonyl (C=O) groups is 2. The second-order valence-corrected chi connectivity index (χ2v) is 6.47. The molecule has 8 heteroatoms. The Hall–Kier alpha value is -1.96. The normalized spacial score (nSPS) is 21.7. The zero-order valence-electron chi connectivity index (χ0n) is 13.2. The van der Waals surface area contributed by atoms with Crippen LogP contribution in [0, 0.1) is 0 Å². The number of hydrogen-bond acceptors (Lipinski definition) is 4. The van der Waals surface area contributed by atoms with Crippen molar-refractivity contribution < 1.29 is 18.7 Å². The average molecular weight is 324 g/mol. The van der Waals surface area contributed by atoms with Crippen LogP contribution in [0.25, 0.3) is 0 Å². The standard InChI is InChI=1S/C15H21FN4O3/c1-8(2)18-13(21)12-10-5-9(23-7-11(10)19-20-12)6-17-14(22)15(16)3-4-15/h8-9H,3-7H2,1-2H3,(H,17,22)(H,18,21)(H,19,20). The molecule has 1 aromatic heterocycles. The molecule has 23 heavy (non-hydrogen) atoms. The SMILES string of the molecule is CC(C)NC(=O)c1n[nH]c2c1CC(CNC(=O)C1(F)CC1)OC2. The molecule has 1 aromatic rings. The monoisotopic (exact) mass is 324 g/mol. The molecule has 0 radical (unpaired) electrons. The Morgan fingerprint density at radius 1 is 1.48 bits per heavy atom. The van der Waals surface area contributed by atoms with Gasteiger partial charge in [0.05, 0.1) is 18.4 Å². The van der Waals surface area contributed by atoms with Crippen molar-refractivity contribution in [3.63, 3.8) is 0 Å². The number of aromatic amines is 1. The second-order valence-electron chi connectivity index (χ2n) is 6.47. The van der Waals surface area contributed by atoms with Crippen LogP contribution in [-0.2, 0) is 22.6 Å². The van der Waals surface area contributed by atoms with Crippen LogP contribution in [0.15, 0.2) is 0 Å². The van der Waals surface area contributed by atoms with Crippen LogP contribution < -0.4 is 10.6 Å². The number of hydrogen-bond donors (Lipinski definition) is 3. The molecule has 0 aromatic carbocycles. The van der Waals surface area contributed by atoms with Gasteiger partial charge in [-0.15, -0.1) is 0 Å². The minimum absolute atomic E-state index is 0.0176. The minimum atomic E-state index is -1.68. The molecule has 0 bridgehead atoms. The van der Waals surface area contributed by atoms with Crippen LogP contribution >= 0.6 is 0 Å². The van der Waals surface area contributed by atoms with E-state index in [1.54, 1.807) is 0 Å². The Morgan fingerprint density at radius 2 is 2.22 bits per heavy atom. The van der Waals surface area contributed by atoms with Gasteiger partial charge in [-0.25, -0.2) is 4.39 Å². The van der Waals surface area contributed by atoms with E-state index >= 15 is 0 Å². The maximum absolute atomic E-state index is 13.6. The highest BCUT2D eigenvalue weighted by atomic mass is 19.1. The van der Waals surface area contributed by atoms with Gasteiger partial charge in [0, 0.05) is 24.6 Å². The van der Waals surface area contributed by atoms with E-state index in [0.29, 0.717) is 18.7 Å². The van der Waals surface area contributed by atoms with Gasteiger partial charge in [-0.3, -0.25) is 14.7 Å². The van der Waals surface area contributed by atoms with Crippen LogP contribution in [0.1, 0.15) is 48.4 Å². The molecule has 7 nitrogen and oxygen atoms in total. The highest BCUT2D eigenvalue weighted by molar-refractivity contribution is 5.94. The van der Waals surface area contributed by atoms with E-state index < -0.39 is 11.6 Å². The van der Waals surface area contributed by atoms with Crippen molar-refractivity contribution in [1.29, 1.82) is 0 Å². The van der Waals surface area contributed by atoms with Gasteiger partial charge in [0.25, 0.3) is 11.8 Å². The number of amides is 2. The lowest BCUT2D eigenvalue weighted by molar-refractivity contribution is -0.128. The fourth-order valence-corrected chi connectivity index (χ4v) is 2.58. The third-order valence-electron chi connectivity index (χ3n) is 4.07. The number of carbonyl (C=O) groups excluding carboxylic acids is 2. The molecule has 1 aliphatic heterocycles. The molecule has 1 saturated carbocycles. The largest absolute Gasteiger partial charge is 0.370 e. The lowest BCUT2D eigenvalue weighted by atomic mass is 10.0. The number of fused-ring (bicyclic) bond motifs is 1. The third-order valence-corrected chi connectivity index (χ3v) is 4.07. The predicted octanol–water partition coefficient (Wildman–Crippen LogP) is 0.607. The summed E-state index contributed by atoms with van der Waals surface area (Å²) in [5.74, 6) is -0.806. The van der Waals surface area contributed by atoms with Crippen molar-refractivity contribution in [2.45, 2.75) is 57.5 Å². The fourth-order valence-electron chi connectivity index (χ4n) is 2.58. The van der Waals surface area contributed by atoms with Crippen molar-refractivity contribution in [2.24, 2.45) is 0 Å². The molecule has 0 saturated heterocycles. The molecule has 1 atom stereocenters. The van der Waals surface area contributed by atoms with E-state index in [1.807, 2.05) is 13.8 Å². The fraction of sp³-hybridized carbons (Fsp3) is 0.667. The van der Waals surface area contributed by atoms with Crippen molar-refractivity contribution in [2.75, 3.05) is 6.54 Å². The van der Waals surface area contributed by atoms with Crippen molar-refractivity contribution >= 4 is 11.8 Å². The van der Waals surface area contributed by atoms with Gasteiger partial charge >= 0.3 is 0 Å². The van der Waals surface area contributed by atoms with Crippen LogP contribution in [-0.4, -0.2) is 46.4 Å². The number of aromatic nitrogens is 2. The Balaban J connectivity index is 1.62. The molecule has 2 aliphatic rings. The lowest BCUT2D eigenvalue weighted by Gasteiger charge is -2.23. The first-order valence-electron chi connectivity index (χ1n) is 7.85. The zero-order chi connectivity index (χ0) is 16.6. The summed E-state index contributed by atoms with van der Waals surface area (Å²) < 4.78 is 19.2. The maximum Gasteiger partial charge on any atom is 0.272 e. The smallest absolute Gasteiger partial charge is 0.272 e. The number of halogens is 1. The molecule has 1 fully saturated rings. The van der Waals surface area contributed by atoms with E-state index in [4.69, 9.17) is 4.74 Å². The molecule has 3 rings (SSSR count). The highest BCUT2D eigenvalue weighted by Crippen LogP contribution is 2.39. The Kier molecular flexibility index (Phi) is 4.09. The molecule has 2 amide bonds. The Labute approximate surface area is 133 Å². The van der Waals surface area contributed by atoms with Gasteiger partial charge in [0.15, 0.2) is 11.4 Å². The number of ether oxygens (including phenoxy) is 1. The van der Waals surface area contributed by atoms with Crippen LogP contribution in [0.4, 0.5) is 4.39 Å². The predicted molar refractivity (Wildman–Crippen MR) is 79.6 cm³/mol. The summed E-state index contributed by atoms with van der Waals surface area (Å²) in [7, 11) is 0. The molecule has 1 aliphatic carbocycles. The van der Waals surface area contributed by atoms with E-state index in [9.17, 15) is 14.0 Å². The van der Waals surface area contributed by atoms with E-state index in [1.165, 1.54) is 0 Å². The lowest BCUT2D eigenvalue weighted by Crippen LogP contribution is -2.41. The van der Waals surface area contributed by atoms with Crippen molar-refractivity contribution in [3.8, 4) is 0 Å². The summed E-state index contributed by atoms with van der Waals surface area (Å²) in [6, 6.07) is 0.0176. The number of nitrogens with one attached hydrogen (secondary N) is 3. The summed E-state index contributed by atoms with van der Waals surface area (Å²) in [6.45, 7) is 4.27. The topological polar surface area (TPSA) is 96.1 Å². The van der Waals surface area contributed by atoms with E-state index in [2.05, 4.69) is 20.8 Å². The first-order chi connectivity index (χ1) is 10.9. The first-order valence-corrected chi connectivity index (χ1v) is 7.85. The molecule has 126 valence electrons. The van der Waals surface area contributed by atoms with E-state index in [-0.39, 0.29) is 37.4 Å². The van der Waals surface area contributed by atoms with Crippen LogP contribution in [0.5, 0.6) is 0 Å². The zero-order valence-corrected chi connectivity index (χ0v) is 13.2. The first kappa shape index (κ1) is 15.9. The van der Waals surface area contributed by atoms with Gasteiger partial charge in [0.1, 0.15) is 0 Å². The van der Waals surface area contributed by atoms with Gasteiger partial charge in [-0.05, 0) is 26.7 Å². The number of nitrogens with zero attached hydrogens (tertiary/aromatic N) is 1. The Morgan fingerprint density at radius 3 is 2.87 bits per heavy atom. The number of rotatable bonds is 5. The second kappa shape index (κ2) is 5.92. The molecule has 2 heterocycles. The summed E-state index contributed by atoms with van der Waals surface area (Å²) in [6.07, 6.45) is 0.731. The summed E-state index contributed by atoms with van der Waals surface area (Å²) in [5.41, 5.74) is 0.246. The van der Waals surface area contributed by atoms with E-state index in [0.717, 1.165) is 11.3 Å². The number of alkyl halides is 1. The highest BCUT2D eigenvalue weighted by Gasteiger charge is 2.50. The summed E-state index contributed by atoms with van der Waals surface area (Å²) in [5, 5.41) is 12.3.